The molecule has 0 aliphatic carbocycles. The second-order valence-corrected chi connectivity index (χ2v) is 7.41. The topological polar surface area (TPSA) is 91.2 Å². The Morgan fingerprint density at radius 2 is 2.03 bits per heavy atom. The Morgan fingerprint density at radius 3 is 2.76 bits per heavy atom. The maximum absolute atomic E-state index is 13.5. The lowest BCUT2D eigenvalue weighted by atomic mass is 9.92. The highest BCUT2D eigenvalue weighted by atomic mass is 16.5. The predicted octanol–water partition coefficient (Wildman–Crippen LogP) is 2.01. The van der Waals surface area contributed by atoms with Gasteiger partial charge in [0, 0.05) is 6.42 Å². The summed E-state index contributed by atoms with van der Waals surface area (Å²) >= 11 is 0. The van der Waals surface area contributed by atoms with E-state index in [1.807, 2.05) is 44.2 Å². The highest BCUT2D eigenvalue weighted by Gasteiger charge is 2.54. The minimum Gasteiger partial charge on any atom is -0.447 e. The van der Waals surface area contributed by atoms with E-state index in [9.17, 15) is 14.7 Å². The molecule has 0 saturated heterocycles. The van der Waals surface area contributed by atoms with E-state index >= 15 is 0 Å². The van der Waals surface area contributed by atoms with Gasteiger partial charge in [-0.25, -0.2) is 0 Å². The molecular weight excluding hydrogens is 370 g/mol. The van der Waals surface area contributed by atoms with Crippen LogP contribution in [-0.2, 0) is 20.7 Å². The molecule has 3 aliphatic heterocycles. The monoisotopic (exact) mass is 393 g/mol. The number of aliphatic hydroxyl groups is 1. The van der Waals surface area contributed by atoms with Crippen LogP contribution in [0.4, 0.5) is 0 Å². The summed E-state index contributed by atoms with van der Waals surface area (Å²) < 4.78 is 5.43. The maximum Gasteiger partial charge on any atom is 0.274 e. The van der Waals surface area contributed by atoms with Crippen molar-refractivity contribution >= 4 is 17.7 Å². The predicted molar refractivity (Wildman–Crippen MR) is 107 cm³/mol. The lowest BCUT2D eigenvalue weighted by Gasteiger charge is -2.43. The van der Waals surface area contributed by atoms with E-state index in [-0.39, 0.29) is 17.7 Å². The summed E-state index contributed by atoms with van der Waals surface area (Å²) in [5.41, 5.74) is -0.589. The zero-order chi connectivity index (χ0) is 20.6. The zero-order valence-electron chi connectivity index (χ0n) is 16.3. The van der Waals surface area contributed by atoms with Crippen LogP contribution in [0.25, 0.3) is 0 Å². The number of nitrogens with one attached hydrogen (secondary N) is 1. The number of hydrogen-bond donors (Lipinski definition) is 2. The Balaban J connectivity index is 1.86. The molecule has 4 rings (SSSR count). The lowest BCUT2D eigenvalue weighted by molar-refractivity contribution is -0.148. The molecule has 3 heterocycles. The number of fused-ring (bicyclic) bond motifs is 2. The SMILES string of the molecule is CCC(C)C1=C2N=C3OC=CC=CC3(O)C(=O)N2C(Cc2ccccc2)C(=O)N1. The molecule has 29 heavy (non-hydrogen) atoms. The average Bonchev–Trinajstić information content (AvgIpc) is 2.92. The van der Waals surface area contributed by atoms with Crippen LogP contribution >= 0.6 is 0 Å². The number of aliphatic imine (C=N–C) groups is 1. The summed E-state index contributed by atoms with van der Waals surface area (Å²) in [6.07, 6.45) is 6.85. The summed E-state index contributed by atoms with van der Waals surface area (Å²) in [7, 11) is 0. The van der Waals surface area contributed by atoms with Crippen molar-refractivity contribution in [2.45, 2.75) is 38.3 Å². The van der Waals surface area contributed by atoms with Gasteiger partial charge in [-0.15, -0.1) is 0 Å². The largest absolute Gasteiger partial charge is 0.447 e. The number of amides is 2. The fourth-order valence-electron chi connectivity index (χ4n) is 3.65. The second-order valence-electron chi connectivity index (χ2n) is 7.41. The van der Waals surface area contributed by atoms with Gasteiger partial charge in [-0.1, -0.05) is 50.3 Å². The quantitative estimate of drug-likeness (QED) is 0.819. The summed E-state index contributed by atoms with van der Waals surface area (Å²) in [6.45, 7) is 3.95. The summed E-state index contributed by atoms with van der Waals surface area (Å²) in [4.78, 5) is 32.4. The summed E-state index contributed by atoms with van der Waals surface area (Å²) in [6, 6.07) is 8.63. The molecule has 0 spiro atoms. The number of carbonyl (C=O) groups is 2. The molecule has 3 atom stereocenters. The number of nitrogens with zero attached hydrogens (tertiary/aromatic N) is 2. The molecule has 1 aromatic carbocycles. The van der Waals surface area contributed by atoms with Gasteiger partial charge >= 0.3 is 0 Å². The smallest absolute Gasteiger partial charge is 0.274 e. The Kier molecular flexibility index (Phi) is 4.84. The first kappa shape index (κ1) is 19.1. The van der Waals surface area contributed by atoms with Crippen LogP contribution < -0.4 is 5.32 Å². The highest BCUT2D eigenvalue weighted by Crippen LogP contribution is 2.35. The van der Waals surface area contributed by atoms with Crippen LogP contribution in [0.5, 0.6) is 0 Å². The van der Waals surface area contributed by atoms with Crippen LogP contribution in [-0.4, -0.2) is 39.4 Å². The van der Waals surface area contributed by atoms with Crippen LogP contribution in [0.3, 0.4) is 0 Å². The molecule has 0 saturated carbocycles. The number of allylic oxidation sites excluding steroid dienone is 3. The van der Waals surface area contributed by atoms with Crippen LogP contribution in [0.2, 0.25) is 0 Å². The Hall–Kier alpha value is -3.19. The van der Waals surface area contributed by atoms with Gasteiger partial charge < -0.3 is 15.2 Å². The van der Waals surface area contributed by atoms with E-state index in [0.29, 0.717) is 17.9 Å². The van der Waals surface area contributed by atoms with Crippen molar-refractivity contribution in [2.24, 2.45) is 10.9 Å². The molecule has 3 aliphatic rings. The normalized spacial score (nSPS) is 26.8. The molecule has 0 bridgehead atoms. The van der Waals surface area contributed by atoms with Gasteiger partial charge in [0.2, 0.25) is 17.4 Å². The van der Waals surface area contributed by atoms with Crippen molar-refractivity contribution in [1.82, 2.24) is 10.2 Å². The second kappa shape index (κ2) is 7.33. The standard InChI is InChI=1S/C22H23N3O4/c1-3-14(2)17-18-24-20-22(28,11-7-8-12-29-20)21(27)25(18)16(19(26)23-17)13-15-9-5-4-6-10-15/h4-12,14,16,28H,3,13H2,1-2H3,(H,23,26). The van der Waals surface area contributed by atoms with E-state index in [0.717, 1.165) is 12.0 Å². The molecule has 2 N–H and O–H groups in total. The molecule has 0 radical (unpaired) electrons. The first-order valence-electron chi connectivity index (χ1n) is 9.71. The third-order valence-electron chi connectivity index (χ3n) is 5.50. The minimum atomic E-state index is -2.06. The minimum absolute atomic E-state index is 0.0330. The van der Waals surface area contributed by atoms with Crippen molar-refractivity contribution in [3.63, 3.8) is 0 Å². The number of rotatable bonds is 4. The molecule has 7 heteroatoms. The van der Waals surface area contributed by atoms with Gasteiger partial charge in [-0.05, 0) is 30.1 Å². The lowest BCUT2D eigenvalue weighted by Crippen LogP contribution is -2.64. The fourth-order valence-corrected chi connectivity index (χ4v) is 3.65. The van der Waals surface area contributed by atoms with Crippen molar-refractivity contribution < 1.29 is 19.4 Å². The third-order valence-corrected chi connectivity index (χ3v) is 5.50. The third kappa shape index (κ3) is 3.17. The van der Waals surface area contributed by atoms with E-state index in [4.69, 9.17) is 4.74 Å². The first-order valence-corrected chi connectivity index (χ1v) is 9.71. The fraction of sp³-hybridized carbons (Fsp3) is 0.318. The number of carbonyl (C=O) groups excluding carboxylic acids is 2. The number of hydrogen-bond acceptors (Lipinski definition) is 5. The Labute approximate surface area is 169 Å². The van der Waals surface area contributed by atoms with Crippen molar-refractivity contribution in [3.8, 4) is 0 Å². The summed E-state index contributed by atoms with van der Waals surface area (Å²) in [5.74, 6) is -0.758. The van der Waals surface area contributed by atoms with Gasteiger partial charge in [-0.2, -0.15) is 4.99 Å². The molecule has 2 amide bonds. The van der Waals surface area contributed by atoms with Crippen molar-refractivity contribution in [2.75, 3.05) is 0 Å². The van der Waals surface area contributed by atoms with E-state index in [1.165, 1.54) is 23.3 Å². The highest BCUT2D eigenvalue weighted by molar-refractivity contribution is 6.14. The van der Waals surface area contributed by atoms with E-state index < -0.39 is 17.6 Å². The van der Waals surface area contributed by atoms with E-state index in [1.54, 1.807) is 6.08 Å². The Morgan fingerprint density at radius 1 is 1.28 bits per heavy atom. The average molecular weight is 393 g/mol. The molecular formula is C22H23N3O4. The molecule has 0 aromatic heterocycles. The van der Waals surface area contributed by atoms with Crippen molar-refractivity contribution in [1.29, 1.82) is 0 Å². The molecule has 150 valence electrons. The van der Waals surface area contributed by atoms with Gasteiger partial charge in [0.05, 0.1) is 12.0 Å². The maximum atomic E-state index is 13.5. The molecule has 1 aromatic rings. The van der Waals surface area contributed by atoms with Gasteiger partial charge in [0.1, 0.15) is 6.04 Å². The molecule has 3 unspecified atom stereocenters. The van der Waals surface area contributed by atoms with Gasteiger partial charge in [0.25, 0.3) is 5.91 Å². The molecule has 0 fully saturated rings. The van der Waals surface area contributed by atoms with Crippen LogP contribution in [0.1, 0.15) is 25.8 Å². The first-order chi connectivity index (χ1) is 14.0. The zero-order valence-corrected chi connectivity index (χ0v) is 16.3. The Bertz CT molecular complexity index is 964. The van der Waals surface area contributed by atoms with Crippen LogP contribution in [0, 0.1) is 5.92 Å². The van der Waals surface area contributed by atoms with E-state index in [2.05, 4.69) is 10.3 Å². The van der Waals surface area contributed by atoms with Crippen LogP contribution in [0.15, 0.2) is 71.3 Å². The number of benzene rings is 1. The van der Waals surface area contributed by atoms with Gasteiger partial charge in [0.15, 0.2) is 5.82 Å². The molecule has 7 nitrogen and oxygen atoms in total. The summed E-state index contributed by atoms with van der Waals surface area (Å²) in [5, 5.41) is 14.0. The van der Waals surface area contributed by atoms with Crippen molar-refractivity contribution in [3.05, 3.63) is 71.9 Å². The van der Waals surface area contributed by atoms with Gasteiger partial charge in [-0.3, -0.25) is 14.5 Å². The number of ether oxygens (including phenoxy) is 1.